The molecule has 1 rings (SSSR count). The van der Waals surface area contributed by atoms with Crippen molar-refractivity contribution in [3.63, 3.8) is 0 Å². The Hall–Kier alpha value is -1.84. The topological polar surface area (TPSA) is 55.4 Å². The molecule has 1 amide bonds. The van der Waals surface area contributed by atoms with Crippen molar-refractivity contribution >= 4 is 11.9 Å². The number of benzene rings is 1. The maximum atomic E-state index is 11.8. The summed E-state index contributed by atoms with van der Waals surface area (Å²) in [4.78, 5) is 22.6. The minimum atomic E-state index is -0.328. The third-order valence-corrected chi connectivity index (χ3v) is 2.33. The van der Waals surface area contributed by atoms with Crippen molar-refractivity contribution in [3.05, 3.63) is 34.9 Å². The van der Waals surface area contributed by atoms with E-state index in [1.54, 1.807) is 0 Å². The number of carbonyl (C=O) groups is 2. The molecule has 0 heterocycles. The summed E-state index contributed by atoms with van der Waals surface area (Å²) in [5.41, 5.74) is 2.71. The van der Waals surface area contributed by atoms with Gasteiger partial charge in [-0.15, -0.1) is 0 Å². The van der Waals surface area contributed by atoms with Crippen molar-refractivity contribution in [3.8, 4) is 0 Å². The Morgan fingerprint density at radius 2 is 1.76 bits per heavy atom. The highest BCUT2D eigenvalue weighted by atomic mass is 16.5. The van der Waals surface area contributed by atoms with Gasteiger partial charge in [0.2, 0.25) is 0 Å². The molecule has 17 heavy (non-hydrogen) atoms. The molecule has 92 valence electrons. The van der Waals surface area contributed by atoms with E-state index in [4.69, 9.17) is 0 Å². The molecule has 0 aliphatic heterocycles. The van der Waals surface area contributed by atoms with Crippen molar-refractivity contribution in [2.45, 2.75) is 20.3 Å². The van der Waals surface area contributed by atoms with Gasteiger partial charge < -0.3 is 10.1 Å². The van der Waals surface area contributed by atoms with E-state index >= 15 is 0 Å². The van der Waals surface area contributed by atoms with Crippen molar-refractivity contribution in [2.75, 3.05) is 13.7 Å². The fourth-order valence-electron chi connectivity index (χ4n) is 1.59. The summed E-state index contributed by atoms with van der Waals surface area (Å²) in [5, 5.41) is 2.68. The average molecular weight is 235 g/mol. The smallest absolute Gasteiger partial charge is 0.307 e. The summed E-state index contributed by atoms with van der Waals surface area (Å²) in [5.74, 6) is -0.494. The Morgan fingerprint density at radius 3 is 2.29 bits per heavy atom. The molecule has 0 radical (unpaired) electrons. The number of methoxy groups -OCH3 is 1. The van der Waals surface area contributed by atoms with E-state index in [1.165, 1.54) is 7.11 Å². The second-order valence-electron chi connectivity index (χ2n) is 3.96. The molecule has 0 spiro atoms. The molecular weight excluding hydrogens is 218 g/mol. The lowest BCUT2D eigenvalue weighted by Crippen LogP contribution is -2.26. The number of hydrogen-bond donors (Lipinski definition) is 1. The summed E-state index contributed by atoms with van der Waals surface area (Å²) in [6.07, 6.45) is 0.188. The third-order valence-electron chi connectivity index (χ3n) is 2.33. The Labute approximate surface area is 101 Å². The van der Waals surface area contributed by atoms with Crippen LogP contribution in [0, 0.1) is 13.8 Å². The molecule has 1 N–H and O–H groups in total. The molecule has 0 unspecified atom stereocenters. The molecule has 0 bridgehead atoms. The first kappa shape index (κ1) is 13.2. The van der Waals surface area contributed by atoms with Gasteiger partial charge in [0.1, 0.15) is 0 Å². The number of nitrogens with one attached hydrogen (secondary N) is 1. The maximum absolute atomic E-state index is 11.8. The highest BCUT2D eigenvalue weighted by Crippen LogP contribution is 2.08. The first-order valence-corrected chi connectivity index (χ1v) is 5.46. The fourth-order valence-corrected chi connectivity index (χ4v) is 1.59. The highest BCUT2D eigenvalue weighted by Gasteiger charge is 2.07. The zero-order chi connectivity index (χ0) is 12.8. The second kappa shape index (κ2) is 6.03. The lowest BCUT2D eigenvalue weighted by atomic mass is 10.1. The van der Waals surface area contributed by atoms with Crippen LogP contribution < -0.4 is 5.32 Å². The third kappa shape index (κ3) is 4.26. The summed E-state index contributed by atoms with van der Waals surface area (Å²) in [7, 11) is 1.33. The van der Waals surface area contributed by atoms with Crippen LogP contribution in [-0.4, -0.2) is 25.5 Å². The van der Waals surface area contributed by atoms with Crippen molar-refractivity contribution in [2.24, 2.45) is 0 Å². The van der Waals surface area contributed by atoms with Gasteiger partial charge in [0, 0.05) is 12.1 Å². The van der Waals surface area contributed by atoms with Crippen LogP contribution in [0.4, 0.5) is 0 Å². The van der Waals surface area contributed by atoms with Crippen molar-refractivity contribution in [1.29, 1.82) is 0 Å². The van der Waals surface area contributed by atoms with Gasteiger partial charge in [-0.25, -0.2) is 0 Å². The first-order chi connectivity index (χ1) is 8.02. The Kier molecular flexibility index (Phi) is 4.69. The van der Waals surface area contributed by atoms with Crippen molar-refractivity contribution in [1.82, 2.24) is 5.32 Å². The van der Waals surface area contributed by atoms with Gasteiger partial charge in [-0.2, -0.15) is 0 Å². The number of amides is 1. The van der Waals surface area contributed by atoms with Crippen LogP contribution in [0.25, 0.3) is 0 Å². The summed E-state index contributed by atoms with van der Waals surface area (Å²) >= 11 is 0. The molecule has 4 nitrogen and oxygen atoms in total. The van der Waals surface area contributed by atoms with Crippen LogP contribution in [0.15, 0.2) is 18.2 Å². The van der Waals surface area contributed by atoms with Gasteiger partial charge >= 0.3 is 5.97 Å². The van der Waals surface area contributed by atoms with Crippen LogP contribution in [0.3, 0.4) is 0 Å². The van der Waals surface area contributed by atoms with E-state index in [-0.39, 0.29) is 18.3 Å². The van der Waals surface area contributed by atoms with E-state index in [0.29, 0.717) is 12.1 Å². The molecule has 0 atom stereocenters. The lowest BCUT2D eigenvalue weighted by Gasteiger charge is -2.06. The number of rotatable bonds is 4. The predicted octanol–water partition coefficient (Wildman–Crippen LogP) is 1.60. The van der Waals surface area contributed by atoms with Crippen LogP contribution in [0.5, 0.6) is 0 Å². The number of esters is 1. The molecule has 0 aliphatic rings. The maximum Gasteiger partial charge on any atom is 0.307 e. The molecule has 0 fully saturated rings. The van der Waals surface area contributed by atoms with E-state index in [0.717, 1.165) is 11.1 Å². The molecule has 0 aromatic heterocycles. The summed E-state index contributed by atoms with van der Waals surface area (Å²) in [6.45, 7) is 4.18. The van der Waals surface area contributed by atoms with Gasteiger partial charge in [0.15, 0.2) is 0 Å². The van der Waals surface area contributed by atoms with Crippen LogP contribution in [0.2, 0.25) is 0 Å². The molecule has 1 aromatic carbocycles. The second-order valence-corrected chi connectivity index (χ2v) is 3.96. The van der Waals surface area contributed by atoms with Gasteiger partial charge in [-0.1, -0.05) is 17.2 Å². The minimum Gasteiger partial charge on any atom is -0.469 e. The molecular formula is C13H17NO3. The minimum absolute atomic E-state index is 0.166. The standard InChI is InChI=1S/C13H17NO3/c1-9-6-10(2)8-11(7-9)13(16)14-5-4-12(15)17-3/h6-8H,4-5H2,1-3H3,(H,14,16). The molecule has 0 saturated carbocycles. The first-order valence-electron chi connectivity index (χ1n) is 5.46. The Balaban J connectivity index is 2.55. The number of hydrogen-bond acceptors (Lipinski definition) is 3. The van der Waals surface area contributed by atoms with Crippen LogP contribution in [0.1, 0.15) is 27.9 Å². The van der Waals surface area contributed by atoms with Crippen molar-refractivity contribution < 1.29 is 14.3 Å². The van der Waals surface area contributed by atoms with E-state index < -0.39 is 0 Å². The van der Waals surface area contributed by atoms with Gasteiger partial charge in [0.05, 0.1) is 13.5 Å². The number of carbonyl (C=O) groups excluding carboxylic acids is 2. The normalized spacial score (nSPS) is 9.82. The average Bonchev–Trinajstić information content (AvgIpc) is 2.27. The van der Waals surface area contributed by atoms with E-state index in [2.05, 4.69) is 10.1 Å². The molecule has 0 saturated heterocycles. The van der Waals surface area contributed by atoms with E-state index in [1.807, 2.05) is 32.0 Å². The zero-order valence-corrected chi connectivity index (χ0v) is 10.4. The molecule has 1 aromatic rings. The lowest BCUT2D eigenvalue weighted by molar-refractivity contribution is -0.140. The van der Waals surface area contributed by atoms with Crippen LogP contribution >= 0.6 is 0 Å². The summed E-state index contributed by atoms with van der Waals surface area (Å²) < 4.78 is 4.49. The quantitative estimate of drug-likeness (QED) is 0.806. The number of ether oxygens (including phenoxy) is 1. The highest BCUT2D eigenvalue weighted by molar-refractivity contribution is 5.94. The van der Waals surface area contributed by atoms with Gasteiger partial charge in [-0.05, 0) is 26.0 Å². The van der Waals surface area contributed by atoms with Crippen LogP contribution in [-0.2, 0) is 9.53 Å². The molecule has 0 aliphatic carbocycles. The largest absolute Gasteiger partial charge is 0.469 e. The summed E-state index contributed by atoms with van der Waals surface area (Å²) in [6, 6.07) is 5.65. The Morgan fingerprint density at radius 1 is 1.18 bits per heavy atom. The number of aryl methyl sites for hydroxylation is 2. The van der Waals surface area contributed by atoms with Gasteiger partial charge in [-0.3, -0.25) is 9.59 Å². The SMILES string of the molecule is COC(=O)CCNC(=O)c1cc(C)cc(C)c1. The fraction of sp³-hybridized carbons (Fsp3) is 0.385. The van der Waals surface area contributed by atoms with E-state index in [9.17, 15) is 9.59 Å². The predicted molar refractivity (Wildman–Crippen MR) is 64.9 cm³/mol. The molecule has 4 heteroatoms. The van der Waals surface area contributed by atoms with Gasteiger partial charge in [0.25, 0.3) is 5.91 Å². The Bertz CT molecular complexity index is 406. The monoisotopic (exact) mass is 235 g/mol. The zero-order valence-electron chi connectivity index (χ0n) is 10.4.